The van der Waals surface area contributed by atoms with Crippen molar-refractivity contribution in [2.24, 2.45) is 0 Å². The van der Waals surface area contributed by atoms with Gasteiger partial charge in [-0.1, -0.05) is 26.8 Å². The van der Waals surface area contributed by atoms with Gasteiger partial charge in [0.2, 0.25) is 0 Å². The zero-order valence-electron chi connectivity index (χ0n) is 10.4. The fourth-order valence-electron chi connectivity index (χ4n) is 1.34. The standard InChI is InChI=1S/C11H14N2O4S/c1-11(2,3)18-10-5-4-8(12(14)15)6-9(7-10)13(16)17/h5-7H,4H2,1-3H3. The number of nitro groups is 2. The molecular formula is C11H14N2O4S. The summed E-state index contributed by atoms with van der Waals surface area (Å²) in [6, 6.07) is 0. The van der Waals surface area contributed by atoms with E-state index in [-0.39, 0.29) is 22.6 Å². The van der Waals surface area contributed by atoms with Gasteiger partial charge in [0, 0.05) is 15.7 Å². The highest BCUT2D eigenvalue weighted by Gasteiger charge is 2.22. The van der Waals surface area contributed by atoms with Crippen LogP contribution in [-0.2, 0) is 0 Å². The van der Waals surface area contributed by atoms with E-state index >= 15 is 0 Å². The van der Waals surface area contributed by atoms with Crippen molar-refractivity contribution in [3.05, 3.63) is 54.8 Å². The molecule has 0 fully saturated rings. The highest BCUT2D eigenvalue weighted by Crippen LogP contribution is 2.34. The van der Waals surface area contributed by atoms with Crippen molar-refractivity contribution in [3.8, 4) is 0 Å². The molecule has 98 valence electrons. The lowest BCUT2D eigenvalue weighted by Crippen LogP contribution is -2.07. The van der Waals surface area contributed by atoms with E-state index < -0.39 is 9.85 Å². The van der Waals surface area contributed by atoms with Crippen molar-refractivity contribution < 1.29 is 9.85 Å². The smallest absolute Gasteiger partial charge is 0.259 e. The minimum atomic E-state index is -0.605. The van der Waals surface area contributed by atoms with Gasteiger partial charge in [-0.25, -0.2) is 0 Å². The summed E-state index contributed by atoms with van der Waals surface area (Å²) in [6.45, 7) is 5.93. The Hall–Kier alpha value is -1.63. The molecule has 0 saturated heterocycles. The first kappa shape index (κ1) is 14.4. The summed E-state index contributed by atoms with van der Waals surface area (Å²) < 4.78 is -0.108. The summed E-state index contributed by atoms with van der Waals surface area (Å²) in [7, 11) is 0. The van der Waals surface area contributed by atoms with Gasteiger partial charge >= 0.3 is 0 Å². The first-order valence-electron chi connectivity index (χ1n) is 5.29. The predicted molar refractivity (Wildman–Crippen MR) is 70.2 cm³/mol. The summed E-state index contributed by atoms with van der Waals surface area (Å²) in [5, 5.41) is 21.5. The second-order valence-corrected chi connectivity index (χ2v) is 6.64. The van der Waals surface area contributed by atoms with Gasteiger partial charge in [-0.15, -0.1) is 11.8 Å². The Morgan fingerprint density at radius 3 is 2.22 bits per heavy atom. The summed E-state index contributed by atoms with van der Waals surface area (Å²) in [6.07, 6.45) is 4.15. The van der Waals surface area contributed by atoms with Crippen molar-refractivity contribution in [2.75, 3.05) is 0 Å². The monoisotopic (exact) mass is 270 g/mol. The number of hydrogen-bond acceptors (Lipinski definition) is 5. The molecule has 0 amide bonds. The van der Waals surface area contributed by atoms with E-state index in [9.17, 15) is 20.2 Å². The van der Waals surface area contributed by atoms with Crippen molar-refractivity contribution in [2.45, 2.75) is 31.9 Å². The summed E-state index contributed by atoms with van der Waals surface area (Å²) in [4.78, 5) is 21.0. The minimum Gasteiger partial charge on any atom is -0.259 e. The van der Waals surface area contributed by atoms with E-state index in [4.69, 9.17) is 0 Å². The lowest BCUT2D eigenvalue weighted by Gasteiger charge is -2.17. The van der Waals surface area contributed by atoms with Crippen molar-refractivity contribution in [3.63, 3.8) is 0 Å². The van der Waals surface area contributed by atoms with Crippen LogP contribution in [0.3, 0.4) is 0 Å². The Kier molecular flexibility index (Phi) is 4.28. The number of hydrogen-bond donors (Lipinski definition) is 0. The Morgan fingerprint density at radius 2 is 1.78 bits per heavy atom. The third-order valence-electron chi connectivity index (χ3n) is 1.99. The minimum absolute atomic E-state index is 0.0965. The molecule has 0 aromatic rings. The number of nitrogens with zero attached hydrogens (tertiary/aromatic N) is 2. The molecule has 0 aliphatic heterocycles. The SMILES string of the molecule is CC(C)(C)SC1=CCC([N+](=O)[O-])=CC([N+](=O)[O-])=C1. The normalized spacial score (nSPS) is 16.3. The zero-order chi connectivity index (χ0) is 13.9. The highest BCUT2D eigenvalue weighted by atomic mass is 32.2. The molecule has 1 rings (SSSR count). The van der Waals surface area contributed by atoms with Crippen LogP contribution in [0.15, 0.2) is 34.5 Å². The maximum Gasteiger partial charge on any atom is 0.277 e. The predicted octanol–water partition coefficient (Wildman–Crippen LogP) is 3.13. The molecule has 0 bridgehead atoms. The van der Waals surface area contributed by atoms with Gasteiger partial charge in [0.1, 0.15) is 0 Å². The zero-order valence-corrected chi connectivity index (χ0v) is 11.2. The quantitative estimate of drug-likeness (QED) is 0.580. The van der Waals surface area contributed by atoms with Crippen LogP contribution in [0.2, 0.25) is 0 Å². The van der Waals surface area contributed by atoms with Gasteiger partial charge in [0.05, 0.1) is 22.3 Å². The average molecular weight is 270 g/mol. The first-order chi connectivity index (χ1) is 8.19. The van der Waals surface area contributed by atoms with E-state index in [0.29, 0.717) is 4.91 Å². The molecule has 1 aliphatic carbocycles. The molecule has 0 atom stereocenters. The van der Waals surface area contributed by atoms with Gasteiger partial charge in [0.25, 0.3) is 11.4 Å². The Labute approximate surface area is 109 Å². The molecule has 6 nitrogen and oxygen atoms in total. The van der Waals surface area contributed by atoms with Gasteiger partial charge in [-0.3, -0.25) is 20.2 Å². The van der Waals surface area contributed by atoms with E-state index in [1.165, 1.54) is 17.8 Å². The number of allylic oxidation sites excluding steroid dienone is 3. The third-order valence-corrected chi connectivity index (χ3v) is 3.12. The molecule has 0 radical (unpaired) electrons. The second kappa shape index (κ2) is 5.34. The van der Waals surface area contributed by atoms with Gasteiger partial charge in [-0.05, 0) is 0 Å². The van der Waals surface area contributed by atoms with Crippen LogP contribution in [0.4, 0.5) is 0 Å². The van der Waals surface area contributed by atoms with Crippen molar-refractivity contribution >= 4 is 11.8 Å². The van der Waals surface area contributed by atoms with E-state index in [1.54, 1.807) is 6.08 Å². The summed E-state index contributed by atoms with van der Waals surface area (Å²) in [5.41, 5.74) is -0.412. The fraction of sp³-hybridized carbons (Fsp3) is 0.455. The molecular weight excluding hydrogens is 256 g/mol. The Morgan fingerprint density at radius 1 is 1.17 bits per heavy atom. The summed E-state index contributed by atoms with van der Waals surface area (Å²) >= 11 is 1.45. The second-order valence-electron chi connectivity index (χ2n) is 4.74. The summed E-state index contributed by atoms with van der Waals surface area (Å²) in [5.74, 6) is 0. The van der Waals surface area contributed by atoms with Gasteiger partial charge < -0.3 is 0 Å². The van der Waals surface area contributed by atoms with Crippen LogP contribution < -0.4 is 0 Å². The maximum atomic E-state index is 10.8. The van der Waals surface area contributed by atoms with E-state index in [1.807, 2.05) is 20.8 Å². The van der Waals surface area contributed by atoms with Crippen LogP contribution in [-0.4, -0.2) is 14.6 Å². The highest BCUT2D eigenvalue weighted by molar-refractivity contribution is 8.04. The van der Waals surface area contributed by atoms with Crippen LogP contribution in [0, 0.1) is 20.2 Å². The molecule has 0 saturated carbocycles. The molecule has 0 spiro atoms. The van der Waals surface area contributed by atoms with Crippen LogP contribution in [0.25, 0.3) is 0 Å². The average Bonchev–Trinajstić information content (AvgIpc) is 2.38. The molecule has 0 heterocycles. The van der Waals surface area contributed by atoms with Crippen LogP contribution in [0.1, 0.15) is 27.2 Å². The Bertz CT molecular complexity index is 472. The van der Waals surface area contributed by atoms with Crippen LogP contribution in [0.5, 0.6) is 0 Å². The topological polar surface area (TPSA) is 86.3 Å². The maximum absolute atomic E-state index is 10.8. The fourth-order valence-corrected chi connectivity index (χ4v) is 2.39. The molecule has 7 heteroatoms. The van der Waals surface area contributed by atoms with E-state index in [2.05, 4.69) is 0 Å². The molecule has 18 heavy (non-hydrogen) atoms. The molecule has 0 aromatic heterocycles. The first-order valence-corrected chi connectivity index (χ1v) is 6.11. The number of thioether (sulfide) groups is 1. The molecule has 0 unspecified atom stereocenters. The van der Waals surface area contributed by atoms with Gasteiger partial charge in [-0.2, -0.15) is 0 Å². The molecule has 1 aliphatic rings. The van der Waals surface area contributed by atoms with Crippen LogP contribution >= 0.6 is 11.8 Å². The molecule has 0 aromatic carbocycles. The number of rotatable bonds is 3. The third kappa shape index (κ3) is 4.33. The van der Waals surface area contributed by atoms with Crippen molar-refractivity contribution in [1.82, 2.24) is 0 Å². The lowest BCUT2D eigenvalue weighted by atomic mass is 10.3. The lowest BCUT2D eigenvalue weighted by molar-refractivity contribution is -0.435. The van der Waals surface area contributed by atoms with E-state index in [0.717, 1.165) is 6.08 Å². The van der Waals surface area contributed by atoms with Gasteiger partial charge in [0.15, 0.2) is 0 Å². The van der Waals surface area contributed by atoms with Crippen molar-refractivity contribution in [1.29, 1.82) is 0 Å². The Balaban J connectivity index is 3.09. The largest absolute Gasteiger partial charge is 0.277 e. The molecule has 0 N–H and O–H groups in total.